The Morgan fingerprint density at radius 2 is 1.85 bits per heavy atom. The fourth-order valence-electron chi connectivity index (χ4n) is 3.29. The van der Waals surface area contributed by atoms with E-state index in [-0.39, 0.29) is 0 Å². The molecule has 0 heterocycles. The number of thioether (sulfide) groups is 1. The van der Waals surface area contributed by atoms with E-state index in [4.69, 9.17) is 0 Å². The summed E-state index contributed by atoms with van der Waals surface area (Å²) in [6.07, 6.45) is 9.00. The molecule has 0 aromatic heterocycles. The van der Waals surface area contributed by atoms with Crippen molar-refractivity contribution in [1.29, 1.82) is 0 Å². The first-order valence-corrected chi connectivity index (χ1v) is 9.33. The highest BCUT2D eigenvalue weighted by Crippen LogP contribution is 2.30. The lowest BCUT2D eigenvalue weighted by Crippen LogP contribution is -2.42. The van der Waals surface area contributed by atoms with Gasteiger partial charge >= 0.3 is 0 Å². The maximum atomic E-state index is 3.98. The van der Waals surface area contributed by atoms with Gasteiger partial charge in [0.15, 0.2) is 0 Å². The van der Waals surface area contributed by atoms with E-state index in [1.54, 1.807) is 0 Å². The standard InChI is InChI=1S/C18H29NS/c1-14(2)13-17(15-9-5-4-6-10-15)19-16-11-7-8-12-18(16)20-3/h4-6,9-10,14,16-19H,7-8,11-13H2,1-3H3. The summed E-state index contributed by atoms with van der Waals surface area (Å²) < 4.78 is 0. The van der Waals surface area contributed by atoms with Crippen molar-refractivity contribution in [2.45, 2.75) is 63.3 Å². The van der Waals surface area contributed by atoms with Crippen LogP contribution in [0.3, 0.4) is 0 Å². The first-order chi connectivity index (χ1) is 9.70. The van der Waals surface area contributed by atoms with E-state index in [1.165, 1.54) is 37.7 Å². The number of hydrogen-bond donors (Lipinski definition) is 1. The Balaban J connectivity index is 2.07. The summed E-state index contributed by atoms with van der Waals surface area (Å²) in [6, 6.07) is 12.2. The molecule has 3 unspecified atom stereocenters. The SMILES string of the molecule is CSC1CCCCC1NC(CC(C)C)c1ccccc1. The van der Waals surface area contributed by atoms with E-state index in [0.29, 0.717) is 12.1 Å². The summed E-state index contributed by atoms with van der Waals surface area (Å²) in [7, 11) is 0. The smallest absolute Gasteiger partial charge is 0.0325 e. The van der Waals surface area contributed by atoms with E-state index in [0.717, 1.165) is 11.2 Å². The van der Waals surface area contributed by atoms with E-state index in [1.807, 2.05) is 11.8 Å². The first-order valence-electron chi connectivity index (χ1n) is 8.04. The van der Waals surface area contributed by atoms with Gasteiger partial charge in [-0.3, -0.25) is 0 Å². The zero-order chi connectivity index (χ0) is 14.4. The van der Waals surface area contributed by atoms with Gasteiger partial charge in [0.25, 0.3) is 0 Å². The summed E-state index contributed by atoms with van der Waals surface area (Å²) in [6.45, 7) is 4.65. The fourth-order valence-corrected chi connectivity index (χ4v) is 4.23. The Labute approximate surface area is 128 Å². The van der Waals surface area contributed by atoms with Crippen LogP contribution in [0.5, 0.6) is 0 Å². The molecule has 2 heteroatoms. The van der Waals surface area contributed by atoms with Crippen LogP contribution in [0.1, 0.15) is 57.6 Å². The van der Waals surface area contributed by atoms with Crippen LogP contribution >= 0.6 is 11.8 Å². The largest absolute Gasteiger partial charge is 0.306 e. The topological polar surface area (TPSA) is 12.0 Å². The molecule has 1 fully saturated rings. The molecule has 2 rings (SSSR count). The second kappa shape index (κ2) is 8.09. The van der Waals surface area contributed by atoms with Crippen LogP contribution in [-0.2, 0) is 0 Å². The minimum Gasteiger partial charge on any atom is -0.306 e. The van der Waals surface area contributed by atoms with E-state index < -0.39 is 0 Å². The summed E-state index contributed by atoms with van der Waals surface area (Å²) in [5, 5.41) is 4.78. The van der Waals surface area contributed by atoms with Crippen LogP contribution in [0, 0.1) is 5.92 Å². The first kappa shape index (κ1) is 15.9. The molecule has 0 amide bonds. The molecule has 1 aromatic rings. The Kier molecular flexibility index (Phi) is 6.44. The average molecular weight is 292 g/mol. The van der Waals surface area contributed by atoms with Crippen LogP contribution < -0.4 is 5.32 Å². The minimum absolute atomic E-state index is 0.508. The van der Waals surface area contributed by atoms with Crippen molar-refractivity contribution in [2.24, 2.45) is 5.92 Å². The van der Waals surface area contributed by atoms with Gasteiger partial charge in [0.2, 0.25) is 0 Å². The quantitative estimate of drug-likeness (QED) is 0.788. The molecule has 20 heavy (non-hydrogen) atoms. The number of rotatable bonds is 6. The van der Waals surface area contributed by atoms with Crippen molar-refractivity contribution in [3.05, 3.63) is 35.9 Å². The second-order valence-electron chi connectivity index (χ2n) is 6.42. The summed E-state index contributed by atoms with van der Waals surface area (Å²) in [5.41, 5.74) is 1.45. The van der Waals surface area contributed by atoms with Crippen LogP contribution in [0.2, 0.25) is 0 Å². The zero-order valence-corrected chi connectivity index (χ0v) is 14.0. The molecule has 0 bridgehead atoms. The Morgan fingerprint density at radius 3 is 2.50 bits per heavy atom. The van der Waals surface area contributed by atoms with Crippen LogP contribution in [0.25, 0.3) is 0 Å². The number of hydrogen-bond acceptors (Lipinski definition) is 2. The predicted molar refractivity (Wildman–Crippen MR) is 91.3 cm³/mol. The Hall–Kier alpha value is -0.470. The second-order valence-corrected chi connectivity index (χ2v) is 7.50. The van der Waals surface area contributed by atoms with Crippen molar-refractivity contribution < 1.29 is 0 Å². The summed E-state index contributed by atoms with van der Waals surface area (Å²) >= 11 is 2.05. The fraction of sp³-hybridized carbons (Fsp3) is 0.667. The normalized spacial score (nSPS) is 24.8. The Morgan fingerprint density at radius 1 is 1.15 bits per heavy atom. The molecule has 1 aromatic carbocycles. The van der Waals surface area contributed by atoms with Gasteiger partial charge in [-0.05, 0) is 37.0 Å². The highest BCUT2D eigenvalue weighted by atomic mass is 32.2. The molecule has 112 valence electrons. The molecule has 1 N–H and O–H groups in total. The summed E-state index contributed by atoms with van der Waals surface area (Å²) in [5.74, 6) is 0.726. The lowest BCUT2D eigenvalue weighted by molar-refractivity contribution is 0.321. The van der Waals surface area contributed by atoms with Crippen LogP contribution in [-0.4, -0.2) is 17.5 Å². The number of nitrogens with one attached hydrogen (secondary N) is 1. The van der Waals surface area contributed by atoms with E-state index in [9.17, 15) is 0 Å². The van der Waals surface area contributed by atoms with Crippen LogP contribution in [0.15, 0.2) is 30.3 Å². The molecule has 1 aliphatic carbocycles. The van der Waals surface area contributed by atoms with Gasteiger partial charge in [0.05, 0.1) is 0 Å². The van der Waals surface area contributed by atoms with Crippen molar-refractivity contribution in [2.75, 3.05) is 6.26 Å². The van der Waals surface area contributed by atoms with Gasteiger partial charge in [-0.15, -0.1) is 0 Å². The van der Waals surface area contributed by atoms with Gasteiger partial charge in [-0.2, -0.15) is 11.8 Å². The van der Waals surface area contributed by atoms with Crippen molar-refractivity contribution in [3.63, 3.8) is 0 Å². The van der Waals surface area contributed by atoms with Crippen molar-refractivity contribution >= 4 is 11.8 Å². The number of benzene rings is 1. The molecule has 1 aliphatic rings. The Bertz CT molecular complexity index is 376. The highest BCUT2D eigenvalue weighted by Gasteiger charge is 2.27. The molecule has 1 nitrogen and oxygen atoms in total. The minimum atomic E-state index is 0.508. The molecular formula is C18H29NS. The average Bonchev–Trinajstić information content (AvgIpc) is 2.47. The van der Waals surface area contributed by atoms with Gasteiger partial charge in [0.1, 0.15) is 0 Å². The van der Waals surface area contributed by atoms with Crippen molar-refractivity contribution in [3.8, 4) is 0 Å². The van der Waals surface area contributed by atoms with Gasteiger partial charge in [-0.1, -0.05) is 57.0 Å². The maximum absolute atomic E-state index is 3.98. The third-order valence-corrected chi connectivity index (χ3v) is 5.50. The van der Waals surface area contributed by atoms with E-state index >= 15 is 0 Å². The summed E-state index contributed by atoms with van der Waals surface area (Å²) in [4.78, 5) is 0. The van der Waals surface area contributed by atoms with Gasteiger partial charge in [-0.25, -0.2) is 0 Å². The van der Waals surface area contributed by atoms with Crippen LogP contribution in [0.4, 0.5) is 0 Å². The monoisotopic (exact) mass is 291 g/mol. The van der Waals surface area contributed by atoms with Gasteiger partial charge < -0.3 is 5.32 Å². The third-order valence-electron chi connectivity index (χ3n) is 4.33. The van der Waals surface area contributed by atoms with Gasteiger partial charge in [0, 0.05) is 17.3 Å². The predicted octanol–water partition coefficient (Wildman–Crippen LogP) is 5.04. The lowest BCUT2D eigenvalue weighted by atomic mass is 9.91. The molecule has 0 saturated heterocycles. The molecule has 0 spiro atoms. The molecule has 3 atom stereocenters. The maximum Gasteiger partial charge on any atom is 0.0325 e. The molecule has 0 aliphatic heterocycles. The van der Waals surface area contributed by atoms with E-state index in [2.05, 4.69) is 55.8 Å². The van der Waals surface area contributed by atoms with Crippen molar-refractivity contribution in [1.82, 2.24) is 5.32 Å². The lowest BCUT2D eigenvalue weighted by Gasteiger charge is -2.35. The zero-order valence-electron chi connectivity index (χ0n) is 13.1. The molecular weight excluding hydrogens is 262 g/mol. The molecule has 1 saturated carbocycles. The highest BCUT2D eigenvalue weighted by molar-refractivity contribution is 7.99. The molecule has 0 radical (unpaired) electrons. The third kappa shape index (κ3) is 4.53.